The molecular formula is C23H25N5O4S. The Bertz CT molecular complexity index is 1340. The first-order chi connectivity index (χ1) is 15.8. The lowest BCUT2D eigenvalue weighted by molar-refractivity contribution is -0.124. The molecule has 0 spiro atoms. The van der Waals surface area contributed by atoms with E-state index in [0.717, 1.165) is 24.1 Å². The maximum Gasteiger partial charge on any atom is 0.263 e. The molecule has 1 saturated heterocycles. The van der Waals surface area contributed by atoms with Gasteiger partial charge in [-0.15, -0.1) is 0 Å². The lowest BCUT2D eigenvalue weighted by Crippen LogP contribution is -2.32. The lowest BCUT2D eigenvalue weighted by atomic mass is 10.1. The zero-order valence-corrected chi connectivity index (χ0v) is 19.3. The van der Waals surface area contributed by atoms with Crippen molar-refractivity contribution >= 4 is 32.7 Å². The van der Waals surface area contributed by atoms with Gasteiger partial charge in [0.05, 0.1) is 22.3 Å². The van der Waals surface area contributed by atoms with Crippen molar-refractivity contribution in [3.8, 4) is 6.07 Å². The minimum absolute atomic E-state index is 0.0205. The van der Waals surface area contributed by atoms with Crippen molar-refractivity contribution in [2.45, 2.75) is 31.7 Å². The SMILES string of the molecule is Cc1ccccc1S(=O)(=O)Nc1noc2cc(CN3CCC(C(=O)NCC#N)C3)cc(C)c12. The summed E-state index contributed by atoms with van der Waals surface area (Å²) in [5.74, 6) is -0.0601. The monoisotopic (exact) mass is 467 g/mol. The molecule has 33 heavy (non-hydrogen) atoms. The zero-order valence-electron chi connectivity index (χ0n) is 18.5. The van der Waals surface area contributed by atoms with E-state index in [4.69, 9.17) is 9.78 Å². The van der Waals surface area contributed by atoms with Crippen LogP contribution in [0.5, 0.6) is 0 Å². The number of hydrogen-bond donors (Lipinski definition) is 2. The number of benzene rings is 2. The van der Waals surface area contributed by atoms with Gasteiger partial charge in [0.15, 0.2) is 11.4 Å². The average molecular weight is 468 g/mol. The summed E-state index contributed by atoms with van der Waals surface area (Å²) < 4.78 is 33.8. The number of aryl methyl sites for hydroxylation is 2. The zero-order chi connectivity index (χ0) is 23.6. The van der Waals surface area contributed by atoms with Crippen molar-refractivity contribution in [1.29, 1.82) is 5.26 Å². The van der Waals surface area contributed by atoms with Gasteiger partial charge in [0.1, 0.15) is 6.54 Å². The third kappa shape index (κ3) is 4.84. The third-order valence-corrected chi connectivity index (χ3v) is 7.34. The highest BCUT2D eigenvalue weighted by molar-refractivity contribution is 7.92. The number of hydrogen-bond acceptors (Lipinski definition) is 7. The molecule has 3 aromatic rings. The number of likely N-dealkylation sites (tertiary alicyclic amines) is 1. The lowest BCUT2D eigenvalue weighted by Gasteiger charge is -2.16. The number of nitriles is 1. The largest absolute Gasteiger partial charge is 0.354 e. The highest BCUT2D eigenvalue weighted by Gasteiger charge is 2.28. The van der Waals surface area contributed by atoms with E-state index in [-0.39, 0.29) is 29.1 Å². The van der Waals surface area contributed by atoms with Crippen LogP contribution in [-0.4, -0.2) is 44.0 Å². The van der Waals surface area contributed by atoms with Crippen molar-refractivity contribution in [2.75, 3.05) is 24.4 Å². The molecule has 2 heterocycles. The quantitative estimate of drug-likeness (QED) is 0.511. The Balaban J connectivity index is 1.50. The first kappa shape index (κ1) is 22.8. The molecule has 172 valence electrons. The summed E-state index contributed by atoms with van der Waals surface area (Å²) in [4.78, 5) is 14.5. The number of carbonyl (C=O) groups is 1. The van der Waals surface area contributed by atoms with E-state index in [0.29, 0.717) is 29.6 Å². The fourth-order valence-electron chi connectivity index (χ4n) is 4.26. The Morgan fingerprint density at radius 3 is 2.82 bits per heavy atom. The molecule has 0 saturated carbocycles. The second kappa shape index (κ2) is 9.21. The second-order valence-corrected chi connectivity index (χ2v) is 9.94. The Hall–Kier alpha value is -3.42. The first-order valence-corrected chi connectivity index (χ1v) is 12.1. The fourth-order valence-corrected chi connectivity index (χ4v) is 5.52. The average Bonchev–Trinajstić information content (AvgIpc) is 3.39. The van der Waals surface area contributed by atoms with Gasteiger partial charge >= 0.3 is 0 Å². The molecule has 2 aromatic carbocycles. The molecule has 10 heteroatoms. The van der Waals surface area contributed by atoms with Crippen LogP contribution in [0.2, 0.25) is 0 Å². The van der Waals surface area contributed by atoms with Crippen molar-refractivity contribution in [1.82, 2.24) is 15.4 Å². The number of rotatable bonds is 7. The standard InChI is InChI=1S/C23H25N5O4S/c1-15-5-3-4-6-20(15)33(30,31)27-22-21-16(2)11-17(12-19(21)32-26-22)13-28-10-7-18(14-28)23(29)25-9-8-24/h3-6,11-12,18H,7,9-10,13-14H2,1-2H3,(H,25,29)(H,26,27). The van der Waals surface area contributed by atoms with Crippen molar-refractivity contribution in [2.24, 2.45) is 5.92 Å². The molecule has 0 radical (unpaired) electrons. The molecule has 1 unspecified atom stereocenters. The molecule has 9 nitrogen and oxygen atoms in total. The Labute approximate surface area is 192 Å². The molecule has 1 atom stereocenters. The molecule has 2 N–H and O–H groups in total. The van der Waals surface area contributed by atoms with Crippen LogP contribution >= 0.6 is 0 Å². The van der Waals surface area contributed by atoms with Crippen LogP contribution in [0.1, 0.15) is 23.1 Å². The minimum Gasteiger partial charge on any atom is -0.354 e. The summed E-state index contributed by atoms with van der Waals surface area (Å²) in [6.07, 6.45) is 0.742. The van der Waals surface area contributed by atoms with Crippen LogP contribution in [0.4, 0.5) is 5.82 Å². The maximum absolute atomic E-state index is 12.9. The van der Waals surface area contributed by atoms with Crippen LogP contribution in [0.25, 0.3) is 11.0 Å². The number of nitrogens with zero attached hydrogens (tertiary/aromatic N) is 3. The highest BCUT2D eigenvalue weighted by Crippen LogP contribution is 2.31. The molecule has 1 aliphatic rings. The summed E-state index contributed by atoms with van der Waals surface area (Å²) in [6.45, 7) is 5.67. The number of aromatic nitrogens is 1. The number of nitrogens with one attached hydrogen (secondary N) is 2. The molecule has 0 bridgehead atoms. The highest BCUT2D eigenvalue weighted by atomic mass is 32.2. The van der Waals surface area contributed by atoms with E-state index in [1.54, 1.807) is 31.2 Å². The van der Waals surface area contributed by atoms with Gasteiger partial charge in [-0.3, -0.25) is 14.4 Å². The predicted octanol–water partition coefficient (Wildman–Crippen LogP) is 2.71. The predicted molar refractivity (Wildman–Crippen MR) is 123 cm³/mol. The topological polar surface area (TPSA) is 128 Å². The molecule has 4 rings (SSSR count). The molecule has 1 aliphatic heterocycles. The smallest absolute Gasteiger partial charge is 0.263 e. The third-order valence-electron chi connectivity index (χ3n) is 5.84. The summed E-state index contributed by atoms with van der Waals surface area (Å²) in [5, 5.41) is 15.8. The molecule has 0 aliphatic carbocycles. The van der Waals surface area contributed by atoms with E-state index in [9.17, 15) is 13.2 Å². The van der Waals surface area contributed by atoms with E-state index in [1.165, 1.54) is 0 Å². The normalized spacial score (nSPS) is 16.6. The second-order valence-electron chi connectivity index (χ2n) is 8.28. The van der Waals surface area contributed by atoms with Gasteiger partial charge in [-0.25, -0.2) is 8.42 Å². The molecular weight excluding hydrogens is 442 g/mol. The van der Waals surface area contributed by atoms with Gasteiger partial charge in [-0.1, -0.05) is 29.4 Å². The van der Waals surface area contributed by atoms with E-state index < -0.39 is 10.0 Å². The van der Waals surface area contributed by atoms with Gasteiger partial charge in [0, 0.05) is 13.1 Å². The van der Waals surface area contributed by atoms with Gasteiger partial charge in [-0.05, 0) is 55.6 Å². The van der Waals surface area contributed by atoms with Gasteiger partial charge in [0.2, 0.25) is 5.91 Å². The number of fused-ring (bicyclic) bond motifs is 1. The van der Waals surface area contributed by atoms with E-state index in [2.05, 4.69) is 20.1 Å². The Morgan fingerprint density at radius 1 is 1.27 bits per heavy atom. The maximum atomic E-state index is 12.9. The van der Waals surface area contributed by atoms with Crippen LogP contribution in [0, 0.1) is 31.1 Å². The molecule has 1 fully saturated rings. The summed E-state index contributed by atoms with van der Waals surface area (Å²) in [7, 11) is -3.81. The van der Waals surface area contributed by atoms with Crippen molar-refractivity contribution < 1.29 is 17.7 Å². The molecule has 1 aromatic heterocycles. The van der Waals surface area contributed by atoms with E-state index in [1.807, 2.05) is 25.1 Å². The first-order valence-electron chi connectivity index (χ1n) is 10.6. The van der Waals surface area contributed by atoms with Gasteiger partial charge in [-0.2, -0.15) is 5.26 Å². The Kier molecular flexibility index (Phi) is 6.35. The van der Waals surface area contributed by atoms with Crippen molar-refractivity contribution in [3.05, 3.63) is 53.1 Å². The van der Waals surface area contributed by atoms with Crippen LogP contribution in [0.15, 0.2) is 45.8 Å². The van der Waals surface area contributed by atoms with Crippen LogP contribution in [-0.2, 0) is 21.4 Å². The summed E-state index contributed by atoms with van der Waals surface area (Å²) >= 11 is 0. The van der Waals surface area contributed by atoms with Gasteiger partial charge in [0.25, 0.3) is 10.0 Å². The molecule has 1 amide bonds. The van der Waals surface area contributed by atoms with E-state index >= 15 is 0 Å². The summed E-state index contributed by atoms with van der Waals surface area (Å²) in [6, 6.07) is 12.5. The minimum atomic E-state index is -3.81. The van der Waals surface area contributed by atoms with Crippen LogP contribution in [0.3, 0.4) is 0 Å². The summed E-state index contributed by atoms with van der Waals surface area (Å²) in [5.41, 5.74) is 2.97. The number of amides is 1. The Morgan fingerprint density at radius 2 is 2.06 bits per heavy atom. The van der Waals surface area contributed by atoms with Crippen molar-refractivity contribution in [3.63, 3.8) is 0 Å². The van der Waals surface area contributed by atoms with Gasteiger partial charge < -0.3 is 9.84 Å². The number of sulfonamides is 1. The fraction of sp³-hybridized carbons (Fsp3) is 0.348. The number of anilines is 1. The number of carbonyl (C=O) groups excluding carboxylic acids is 1. The van der Waals surface area contributed by atoms with Crippen LogP contribution < -0.4 is 10.0 Å².